The fourth-order valence-electron chi connectivity index (χ4n) is 4.42. The van der Waals surface area contributed by atoms with Crippen molar-refractivity contribution >= 4 is 23.1 Å². The molecule has 2 fully saturated rings. The Morgan fingerprint density at radius 3 is 2.56 bits per heavy atom. The third-order valence-corrected chi connectivity index (χ3v) is 6.51. The monoisotopic (exact) mass is 380 g/mol. The lowest BCUT2D eigenvalue weighted by molar-refractivity contribution is 0.0208. The minimum Gasteiger partial charge on any atom is -0.335 e. The Morgan fingerprint density at radius 1 is 1.19 bits per heavy atom. The van der Waals surface area contributed by atoms with E-state index in [-0.39, 0.29) is 12.1 Å². The van der Waals surface area contributed by atoms with Crippen LogP contribution in [0.25, 0.3) is 0 Å². The molecule has 6 heteroatoms. The summed E-state index contributed by atoms with van der Waals surface area (Å²) in [6.45, 7) is 1.04. The molecule has 1 aromatic heterocycles. The van der Waals surface area contributed by atoms with Gasteiger partial charge in [0.05, 0.1) is 11.6 Å². The van der Waals surface area contributed by atoms with Gasteiger partial charge in [-0.3, -0.25) is 4.90 Å². The highest BCUT2D eigenvalue weighted by molar-refractivity contribution is 7.09. The first kappa shape index (κ1) is 18.0. The van der Waals surface area contributed by atoms with Gasteiger partial charge in [0, 0.05) is 35.2 Å². The largest absolute Gasteiger partial charge is 0.335 e. The number of thiophene rings is 1. The van der Waals surface area contributed by atoms with Crippen molar-refractivity contribution in [3.8, 4) is 6.07 Å². The van der Waals surface area contributed by atoms with Crippen LogP contribution in [0.3, 0.4) is 0 Å². The maximum atomic E-state index is 12.4. The molecule has 2 aromatic rings. The normalized spacial score (nSPS) is 24.8. The first-order valence-electron chi connectivity index (χ1n) is 9.57. The summed E-state index contributed by atoms with van der Waals surface area (Å²) in [5.41, 5.74) is 1.30. The Hall–Kier alpha value is -2.36. The molecule has 4 rings (SSSR count). The highest BCUT2D eigenvalue weighted by atomic mass is 32.1. The Kier molecular flexibility index (Phi) is 5.42. The molecule has 3 heterocycles. The number of nitrogens with one attached hydrogen (secondary N) is 2. The fraction of sp³-hybridized carbons (Fsp3) is 0.429. The summed E-state index contributed by atoms with van der Waals surface area (Å²) >= 11 is 1.83. The van der Waals surface area contributed by atoms with Gasteiger partial charge < -0.3 is 10.6 Å². The maximum absolute atomic E-state index is 12.4. The number of urea groups is 1. The lowest BCUT2D eigenvalue weighted by Gasteiger charge is -2.48. The zero-order valence-electron chi connectivity index (χ0n) is 15.2. The Morgan fingerprint density at radius 2 is 1.93 bits per heavy atom. The zero-order valence-corrected chi connectivity index (χ0v) is 16.0. The van der Waals surface area contributed by atoms with Crippen LogP contribution in [0, 0.1) is 11.3 Å². The summed E-state index contributed by atoms with van der Waals surface area (Å²) in [6, 6.07) is 14.5. The van der Waals surface area contributed by atoms with Crippen LogP contribution in [0.2, 0.25) is 0 Å². The number of piperidine rings is 2. The fourth-order valence-corrected chi connectivity index (χ4v) is 5.13. The van der Waals surface area contributed by atoms with Crippen molar-refractivity contribution < 1.29 is 4.79 Å². The molecule has 0 unspecified atom stereocenters. The van der Waals surface area contributed by atoms with Gasteiger partial charge in [0.15, 0.2) is 0 Å². The van der Waals surface area contributed by atoms with Gasteiger partial charge >= 0.3 is 6.03 Å². The number of hydrogen-bond donors (Lipinski definition) is 2. The molecule has 140 valence electrons. The molecule has 2 aliphatic heterocycles. The highest BCUT2D eigenvalue weighted by Crippen LogP contribution is 2.35. The number of benzene rings is 1. The third kappa shape index (κ3) is 4.32. The van der Waals surface area contributed by atoms with Crippen LogP contribution < -0.4 is 10.6 Å². The zero-order chi connectivity index (χ0) is 18.6. The predicted octanol–water partition coefficient (Wildman–Crippen LogP) is 4.33. The summed E-state index contributed by atoms with van der Waals surface area (Å²) in [5, 5.41) is 17.0. The van der Waals surface area contributed by atoms with Gasteiger partial charge in [-0.15, -0.1) is 11.3 Å². The van der Waals surface area contributed by atoms with Gasteiger partial charge in [-0.2, -0.15) is 5.26 Å². The van der Waals surface area contributed by atoms with E-state index in [1.807, 2.05) is 11.3 Å². The van der Waals surface area contributed by atoms with Crippen molar-refractivity contribution in [1.29, 1.82) is 5.26 Å². The number of carbonyl (C=O) groups excluding carboxylic acids is 1. The third-order valence-electron chi connectivity index (χ3n) is 5.65. The number of amides is 2. The molecule has 27 heavy (non-hydrogen) atoms. The van der Waals surface area contributed by atoms with Gasteiger partial charge in [-0.25, -0.2) is 4.79 Å². The molecule has 2 amide bonds. The van der Waals surface area contributed by atoms with Gasteiger partial charge in [0.2, 0.25) is 0 Å². The SMILES string of the molecule is N#Cc1ccc(NC(=O)NC2C[C@@H]3CCC[C@@H](C2)N3Cc2cccs2)cc1. The Labute approximate surface area is 164 Å². The van der Waals surface area contributed by atoms with Gasteiger partial charge in [-0.05, 0) is 61.4 Å². The molecule has 0 radical (unpaired) electrons. The topological polar surface area (TPSA) is 68.2 Å². The van der Waals surface area contributed by atoms with E-state index in [1.165, 1.54) is 24.1 Å². The number of nitriles is 1. The maximum Gasteiger partial charge on any atom is 0.319 e. The second kappa shape index (κ2) is 8.12. The average molecular weight is 381 g/mol. The predicted molar refractivity (Wildman–Crippen MR) is 108 cm³/mol. The van der Waals surface area contributed by atoms with Crippen molar-refractivity contribution in [2.24, 2.45) is 0 Å². The number of anilines is 1. The minimum atomic E-state index is -0.158. The summed E-state index contributed by atoms with van der Waals surface area (Å²) in [4.78, 5) is 16.5. The van der Waals surface area contributed by atoms with E-state index < -0.39 is 0 Å². The standard InChI is InChI=1S/C21H24N4OS/c22-13-15-6-8-16(9-7-15)23-21(26)24-17-11-18-3-1-4-19(12-17)25(18)14-20-5-2-10-27-20/h2,5-10,17-19H,1,3-4,11-12,14H2,(H2,23,24,26)/t18-,19-/m0/s1. The van der Waals surface area contributed by atoms with Crippen molar-refractivity contribution in [2.45, 2.75) is 56.8 Å². The van der Waals surface area contributed by atoms with Crippen LogP contribution >= 0.6 is 11.3 Å². The number of nitrogens with zero attached hydrogens (tertiary/aromatic N) is 2. The van der Waals surface area contributed by atoms with Gasteiger partial charge in [0.25, 0.3) is 0 Å². The van der Waals surface area contributed by atoms with Crippen molar-refractivity contribution in [1.82, 2.24) is 10.2 Å². The molecule has 0 aliphatic carbocycles. The van der Waals surface area contributed by atoms with Crippen LogP contribution in [0.4, 0.5) is 10.5 Å². The summed E-state index contributed by atoms with van der Waals surface area (Å²) in [6.07, 6.45) is 5.76. The van der Waals surface area contributed by atoms with E-state index >= 15 is 0 Å². The van der Waals surface area contributed by atoms with Crippen LogP contribution in [0.5, 0.6) is 0 Å². The van der Waals surface area contributed by atoms with E-state index in [0.29, 0.717) is 23.3 Å². The second-order valence-corrected chi connectivity index (χ2v) is 8.48. The lowest BCUT2D eigenvalue weighted by atomic mass is 9.81. The highest BCUT2D eigenvalue weighted by Gasteiger charge is 2.38. The molecular formula is C21H24N4OS. The molecular weight excluding hydrogens is 356 g/mol. The molecule has 2 aliphatic rings. The van der Waals surface area contributed by atoms with E-state index in [4.69, 9.17) is 5.26 Å². The summed E-state index contributed by atoms with van der Waals surface area (Å²) in [5.74, 6) is 0. The number of rotatable bonds is 4. The van der Waals surface area contributed by atoms with Crippen molar-refractivity contribution in [2.75, 3.05) is 5.32 Å². The van der Waals surface area contributed by atoms with Crippen LogP contribution in [-0.2, 0) is 6.54 Å². The molecule has 5 nitrogen and oxygen atoms in total. The van der Waals surface area contributed by atoms with Gasteiger partial charge in [-0.1, -0.05) is 12.5 Å². The molecule has 2 N–H and O–H groups in total. The quantitative estimate of drug-likeness (QED) is 0.830. The van der Waals surface area contributed by atoms with E-state index in [2.05, 4.69) is 39.1 Å². The van der Waals surface area contributed by atoms with Crippen molar-refractivity contribution in [3.05, 3.63) is 52.2 Å². The first-order valence-corrected chi connectivity index (χ1v) is 10.4. The van der Waals surface area contributed by atoms with Crippen LogP contribution in [0.1, 0.15) is 42.5 Å². The Bertz CT molecular complexity index is 798. The van der Waals surface area contributed by atoms with E-state index in [1.54, 1.807) is 24.3 Å². The molecule has 1 aromatic carbocycles. The molecule has 2 bridgehead atoms. The van der Waals surface area contributed by atoms with Gasteiger partial charge in [0.1, 0.15) is 0 Å². The van der Waals surface area contributed by atoms with E-state index in [0.717, 1.165) is 19.4 Å². The summed E-state index contributed by atoms with van der Waals surface area (Å²) in [7, 11) is 0. The van der Waals surface area contributed by atoms with Crippen molar-refractivity contribution in [3.63, 3.8) is 0 Å². The second-order valence-electron chi connectivity index (χ2n) is 7.45. The summed E-state index contributed by atoms with van der Waals surface area (Å²) < 4.78 is 0. The van der Waals surface area contributed by atoms with Crippen LogP contribution in [-0.4, -0.2) is 29.1 Å². The lowest BCUT2D eigenvalue weighted by Crippen LogP contribution is -2.56. The first-order chi connectivity index (χ1) is 13.2. The average Bonchev–Trinajstić information content (AvgIpc) is 3.16. The number of carbonyl (C=O) groups is 1. The molecule has 2 atom stereocenters. The van der Waals surface area contributed by atoms with Crippen LogP contribution in [0.15, 0.2) is 41.8 Å². The van der Waals surface area contributed by atoms with E-state index in [9.17, 15) is 4.79 Å². The number of fused-ring (bicyclic) bond motifs is 2. The molecule has 0 saturated carbocycles. The Balaban J connectivity index is 1.34. The number of hydrogen-bond acceptors (Lipinski definition) is 4. The smallest absolute Gasteiger partial charge is 0.319 e. The molecule has 2 saturated heterocycles. The molecule has 0 spiro atoms. The minimum absolute atomic E-state index is 0.158.